The molecule has 0 saturated carbocycles. The summed E-state index contributed by atoms with van der Waals surface area (Å²) in [5, 5.41) is 5.98. The van der Waals surface area contributed by atoms with Crippen LogP contribution in [0.15, 0.2) is 24.3 Å². The van der Waals surface area contributed by atoms with Crippen molar-refractivity contribution in [1.29, 1.82) is 0 Å². The van der Waals surface area contributed by atoms with Crippen LogP contribution in [-0.2, 0) is 9.53 Å². The number of carbonyl (C=O) groups is 1. The first-order valence-electron chi connectivity index (χ1n) is 5.94. The van der Waals surface area contributed by atoms with Gasteiger partial charge in [0.2, 0.25) is 5.91 Å². The monoisotopic (exact) mass is 250 g/mol. The van der Waals surface area contributed by atoms with Crippen molar-refractivity contribution in [2.75, 3.05) is 32.7 Å². The zero-order valence-electron chi connectivity index (χ0n) is 10.6. The van der Waals surface area contributed by atoms with Crippen molar-refractivity contribution in [3.8, 4) is 5.75 Å². The molecule has 0 aliphatic carbocycles. The van der Waals surface area contributed by atoms with E-state index in [-0.39, 0.29) is 17.9 Å². The Bertz CT molecular complexity index is 422. The van der Waals surface area contributed by atoms with E-state index >= 15 is 0 Å². The summed E-state index contributed by atoms with van der Waals surface area (Å²) in [4.78, 5) is 12.1. The highest BCUT2D eigenvalue weighted by Gasteiger charge is 2.32. The fraction of sp³-hybridized carbons (Fsp3) is 0.462. The Morgan fingerprint density at radius 1 is 1.44 bits per heavy atom. The molecule has 1 aliphatic rings. The average molecular weight is 250 g/mol. The van der Waals surface area contributed by atoms with E-state index in [0.29, 0.717) is 13.2 Å². The number of likely N-dealkylation sites (N-methyl/N-ethyl adjacent to an activating group) is 1. The molecule has 1 saturated heterocycles. The van der Waals surface area contributed by atoms with Crippen molar-refractivity contribution in [1.82, 2.24) is 5.32 Å². The van der Waals surface area contributed by atoms with Crippen LogP contribution in [0.5, 0.6) is 5.75 Å². The molecule has 2 unspecified atom stereocenters. The van der Waals surface area contributed by atoms with Gasteiger partial charge in [0.15, 0.2) is 0 Å². The predicted octanol–water partition coefficient (Wildman–Crippen LogP) is 0.868. The van der Waals surface area contributed by atoms with E-state index in [2.05, 4.69) is 10.6 Å². The van der Waals surface area contributed by atoms with Crippen molar-refractivity contribution in [2.24, 2.45) is 5.92 Å². The molecular weight excluding hydrogens is 232 g/mol. The zero-order chi connectivity index (χ0) is 13.0. The lowest BCUT2D eigenvalue weighted by Crippen LogP contribution is -2.39. The van der Waals surface area contributed by atoms with Gasteiger partial charge in [0.05, 0.1) is 26.2 Å². The van der Waals surface area contributed by atoms with Gasteiger partial charge in [-0.15, -0.1) is 0 Å². The van der Waals surface area contributed by atoms with E-state index in [1.807, 2.05) is 25.2 Å². The summed E-state index contributed by atoms with van der Waals surface area (Å²) in [6, 6.07) is 7.39. The van der Waals surface area contributed by atoms with Gasteiger partial charge in [-0.25, -0.2) is 0 Å². The third kappa shape index (κ3) is 2.80. The van der Waals surface area contributed by atoms with E-state index in [1.54, 1.807) is 13.2 Å². The highest BCUT2D eigenvalue weighted by Crippen LogP contribution is 2.20. The van der Waals surface area contributed by atoms with Crippen molar-refractivity contribution in [3.05, 3.63) is 24.3 Å². The van der Waals surface area contributed by atoms with Gasteiger partial charge in [-0.1, -0.05) is 6.07 Å². The maximum absolute atomic E-state index is 12.1. The molecule has 1 amide bonds. The molecule has 2 N–H and O–H groups in total. The Morgan fingerprint density at radius 2 is 2.28 bits per heavy atom. The Kier molecular flexibility index (Phi) is 4.17. The lowest BCUT2D eigenvalue weighted by Gasteiger charge is -2.16. The maximum Gasteiger partial charge on any atom is 0.231 e. The minimum absolute atomic E-state index is 0.0277. The fourth-order valence-corrected chi connectivity index (χ4v) is 2.03. The normalized spacial score (nSPS) is 22.8. The number of methoxy groups -OCH3 is 1. The van der Waals surface area contributed by atoms with E-state index in [4.69, 9.17) is 9.47 Å². The predicted molar refractivity (Wildman–Crippen MR) is 68.8 cm³/mol. The van der Waals surface area contributed by atoms with Gasteiger partial charge < -0.3 is 20.1 Å². The minimum atomic E-state index is -0.152. The Balaban J connectivity index is 2.02. The van der Waals surface area contributed by atoms with Gasteiger partial charge in [0.25, 0.3) is 0 Å². The molecule has 2 atom stereocenters. The molecule has 18 heavy (non-hydrogen) atoms. The number of hydrogen-bond acceptors (Lipinski definition) is 4. The van der Waals surface area contributed by atoms with Gasteiger partial charge >= 0.3 is 0 Å². The van der Waals surface area contributed by atoms with E-state index in [1.165, 1.54) is 0 Å². The number of carbonyl (C=O) groups excluding carboxylic acids is 1. The quantitative estimate of drug-likeness (QED) is 0.832. The molecule has 1 fully saturated rings. The Labute approximate surface area is 106 Å². The van der Waals surface area contributed by atoms with Crippen molar-refractivity contribution in [3.63, 3.8) is 0 Å². The van der Waals surface area contributed by atoms with Crippen LogP contribution >= 0.6 is 0 Å². The third-order valence-corrected chi connectivity index (χ3v) is 3.13. The number of amides is 1. The Hall–Kier alpha value is -1.59. The number of ether oxygens (including phenoxy) is 2. The molecular formula is C13H18N2O3. The van der Waals surface area contributed by atoms with Crippen LogP contribution in [0.25, 0.3) is 0 Å². The first-order valence-corrected chi connectivity index (χ1v) is 5.94. The maximum atomic E-state index is 12.1. The SMILES string of the molecule is CNC1COCC1C(=O)Nc1cccc(OC)c1. The Morgan fingerprint density at radius 3 is 3.00 bits per heavy atom. The summed E-state index contributed by atoms with van der Waals surface area (Å²) >= 11 is 0. The van der Waals surface area contributed by atoms with E-state index < -0.39 is 0 Å². The van der Waals surface area contributed by atoms with Crippen LogP contribution in [0.4, 0.5) is 5.69 Å². The first-order chi connectivity index (χ1) is 8.74. The number of hydrogen-bond donors (Lipinski definition) is 2. The van der Waals surface area contributed by atoms with Gasteiger partial charge in [0.1, 0.15) is 5.75 Å². The second kappa shape index (κ2) is 5.84. The van der Waals surface area contributed by atoms with Crippen molar-refractivity contribution < 1.29 is 14.3 Å². The summed E-state index contributed by atoms with van der Waals surface area (Å²) in [6.07, 6.45) is 0. The standard InChI is InChI=1S/C13H18N2O3/c1-14-12-8-18-7-11(12)13(16)15-9-4-3-5-10(6-9)17-2/h3-6,11-12,14H,7-8H2,1-2H3,(H,15,16). The minimum Gasteiger partial charge on any atom is -0.497 e. The summed E-state index contributed by atoms with van der Waals surface area (Å²) < 4.78 is 10.4. The van der Waals surface area contributed by atoms with Gasteiger partial charge in [-0.3, -0.25) is 4.79 Å². The zero-order valence-corrected chi connectivity index (χ0v) is 10.6. The lowest BCUT2D eigenvalue weighted by atomic mass is 10.0. The molecule has 0 radical (unpaired) electrons. The number of benzene rings is 1. The molecule has 5 nitrogen and oxygen atoms in total. The van der Waals surface area contributed by atoms with Crippen LogP contribution in [0.2, 0.25) is 0 Å². The highest BCUT2D eigenvalue weighted by molar-refractivity contribution is 5.93. The number of anilines is 1. The van der Waals surface area contributed by atoms with Crippen LogP contribution in [0.3, 0.4) is 0 Å². The number of rotatable bonds is 4. The molecule has 1 aliphatic heterocycles. The smallest absolute Gasteiger partial charge is 0.231 e. The molecule has 2 rings (SSSR count). The van der Waals surface area contributed by atoms with Crippen LogP contribution < -0.4 is 15.4 Å². The highest BCUT2D eigenvalue weighted by atomic mass is 16.5. The van der Waals surface area contributed by atoms with Gasteiger partial charge in [0, 0.05) is 17.8 Å². The second-order valence-corrected chi connectivity index (χ2v) is 4.26. The summed E-state index contributed by atoms with van der Waals surface area (Å²) in [5.41, 5.74) is 0.737. The molecule has 5 heteroatoms. The fourth-order valence-electron chi connectivity index (χ4n) is 2.03. The van der Waals surface area contributed by atoms with E-state index in [9.17, 15) is 4.79 Å². The molecule has 0 spiro atoms. The van der Waals surface area contributed by atoms with Gasteiger partial charge in [-0.2, -0.15) is 0 Å². The molecule has 1 aromatic carbocycles. The van der Waals surface area contributed by atoms with Crippen molar-refractivity contribution >= 4 is 11.6 Å². The average Bonchev–Trinajstić information content (AvgIpc) is 2.87. The van der Waals surface area contributed by atoms with Crippen LogP contribution in [-0.4, -0.2) is 39.3 Å². The molecule has 98 valence electrons. The molecule has 0 aromatic heterocycles. The van der Waals surface area contributed by atoms with Gasteiger partial charge in [-0.05, 0) is 19.2 Å². The third-order valence-electron chi connectivity index (χ3n) is 3.13. The first kappa shape index (κ1) is 12.9. The topological polar surface area (TPSA) is 59.6 Å². The molecule has 0 bridgehead atoms. The van der Waals surface area contributed by atoms with Crippen LogP contribution in [0.1, 0.15) is 0 Å². The van der Waals surface area contributed by atoms with Crippen LogP contribution in [0, 0.1) is 5.92 Å². The summed E-state index contributed by atoms with van der Waals surface area (Å²) in [7, 11) is 3.44. The largest absolute Gasteiger partial charge is 0.497 e. The number of nitrogens with one attached hydrogen (secondary N) is 2. The second-order valence-electron chi connectivity index (χ2n) is 4.26. The summed E-state index contributed by atoms with van der Waals surface area (Å²) in [6.45, 7) is 1.04. The van der Waals surface area contributed by atoms with E-state index in [0.717, 1.165) is 11.4 Å². The van der Waals surface area contributed by atoms with Crippen molar-refractivity contribution in [2.45, 2.75) is 6.04 Å². The lowest BCUT2D eigenvalue weighted by molar-refractivity contribution is -0.120. The molecule has 1 aromatic rings. The molecule has 1 heterocycles. The summed E-state index contributed by atoms with van der Waals surface area (Å²) in [5.74, 6) is 0.543.